The van der Waals surface area contributed by atoms with Crippen LogP contribution in [0.1, 0.15) is 36.2 Å². The normalized spacial score (nSPS) is 12.8. The van der Waals surface area contributed by atoms with E-state index in [4.69, 9.17) is 4.74 Å². The molecule has 8 heteroatoms. The van der Waals surface area contributed by atoms with Gasteiger partial charge in [0.05, 0.1) is 12.7 Å². The first-order valence-corrected chi connectivity index (χ1v) is 9.96. The van der Waals surface area contributed by atoms with Gasteiger partial charge in [0.1, 0.15) is 17.8 Å². The molecular weight excluding hydrogens is 400 g/mol. The molecule has 2 aromatic carbocycles. The topological polar surface area (TPSA) is 125 Å². The number of methoxy groups -OCH3 is 1. The number of hydrogen-bond acceptors (Lipinski definition) is 5. The second-order valence-electron chi connectivity index (χ2n) is 7.63. The number of aliphatic carboxylic acids is 2. The molecule has 166 valence electrons. The van der Waals surface area contributed by atoms with Gasteiger partial charge in [-0.3, -0.25) is 19.7 Å². The van der Waals surface area contributed by atoms with Crippen molar-refractivity contribution in [3.63, 3.8) is 0 Å². The lowest BCUT2D eigenvalue weighted by Crippen LogP contribution is -2.48. The summed E-state index contributed by atoms with van der Waals surface area (Å²) < 4.78 is 5.20. The van der Waals surface area contributed by atoms with E-state index >= 15 is 0 Å². The fourth-order valence-corrected chi connectivity index (χ4v) is 3.16. The number of nitrogens with one attached hydrogen (secondary N) is 2. The molecule has 0 fully saturated rings. The van der Waals surface area contributed by atoms with E-state index in [1.807, 2.05) is 13.8 Å². The lowest BCUT2D eigenvalue weighted by Gasteiger charge is -2.22. The van der Waals surface area contributed by atoms with Gasteiger partial charge < -0.3 is 20.3 Å². The average molecular weight is 428 g/mol. The molecule has 0 saturated heterocycles. The van der Waals surface area contributed by atoms with Crippen molar-refractivity contribution in [2.45, 2.75) is 38.8 Å². The molecule has 8 nitrogen and oxygen atoms in total. The summed E-state index contributed by atoms with van der Waals surface area (Å²) in [5.41, 5.74) is 1.64. The van der Waals surface area contributed by atoms with Crippen LogP contribution in [0.3, 0.4) is 0 Å². The van der Waals surface area contributed by atoms with Gasteiger partial charge in [-0.05, 0) is 48.6 Å². The first-order valence-electron chi connectivity index (χ1n) is 9.96. The number of carboxylic acid groups (broad SMARTS) is 2. The summed E-state index contributed by atoms with van der Waals surface area (Å²) in [6.45, 7) is 3.76. The van der Waals surface area contributed by atoms with E-state index in [0.717, 1.165) is 0 Å². The minimum absolute atomic E-state index is 0.106. The number of anilines is 1. The predicted octanol–water partition coefficient (Wildman–Crippen LogP) is 3.03. The smallest absolute Gasteiger partial charge is 0.321 e. The minimum atomic E-state index is -1.12. The van der Waals surface area contributed by atoms with Crippen LogP contribution < -0.4 is 15.4 Å². The summed E-state index contributed by atoms with van der Waals surface area (Å²) in [5.74, 6) is -1.96. The molecule has 0 spiro atoms. The maximum absolute atomic E-state index is 12.5. The maximum atomic E-state index is 12.5. The lowest BCUT2D eigenvalue weighted by atomic mass is 10.0. The van der Waals surface area contributed by atoms with Crippen LogP contribution in [-0.4, -0.2) is 47.3 Å². The van der Waals surface area contributed by atoms with Gasteiger partial charge in [0.25, 0.3) is 5.91 Å². The fraction of sp³-hybridized carbons (Fsp3) is 0.348. The van der Waals surface area contributed by atoms with Crippen molar-refractivity contribution >= 4 is 23.5 Å². The Hall–Kier alpha value is -3.39. The van der Waals surface area contributed by atoms with Crippen molar-refractivity contribution in [3.05, 3.63) is 59.7 Å². The van der Waals surface area contributed by atoms with Crippen LogP contribution in [0.4, 0.5) is 5.69 Å². The Balaban J connectivity index is 2.06. The molecule has 0 aliphatic rings. The number of carboxylic acids is 2. The standard InChI is InChI=1S/C23H28N2O6/c1-14(2)12-18(22(27)28)25-19(23(29)30)13-15-8-10-16(11-9-15)24-21(26)17-6-4-5-7-20(17)31-3/h4-11,14,18-19,25H,12-13H2,1-3H3,(H,24,26)(H,27,28)(H,29,30)/t18-,19-/m0/s1. The van der Waals surface area contributed by atoms with Gasteiger partial charge in [-0.15, -0.1) is 0 Å². The summed E-state index contributed by atoms with van der Waals surface area (Å²) in [5, 5.41) is 24.4. The van der Waals surface area contributed by atoms with Crippen LogP contribution in [0.15, 0.2) is 48.5 Å². The van der Waals surface area contributed by atoms with Crippen LogP contribution in [0, 0.1) is 5.92 Å². The van der Waals surface area contributed by atoms with Crippen molar-refractivity contribution in [1.29, 1.82) is 0 Å². The van der Waals surface area contributed by atoms with E-state index in [9.17, 15) is 24.6 Å². The summed E-state index contributed by atoms with van der Waals surface area (Å²) in [6, 6.07) is 11.6. The Morgan fingerprint density at radius 1 is 0.935 bits per heavy atom. The number of carbonyl (C=O) groups is 3. The third kappa shape index (κ3) is 7.11. The van der Waals surface area contributed by atoms with Gasteiger partial charge >= 0.3 is 11.9 Å². The first-order chi connectivity index (χ1) is 14.7. The molecule has 2 aromatic rings. The Kier molecular flexibility index (Phi) is 8.57. The molecule has 0 radical (unpaired) electrons. The zero-order valence-corrected chi connectivity index (χ0v) is 17.8. The number of carbonyl (C=O) groups excluding carboxylic acids is 1. The van der Waals surface area contributed by atoms with E-state index in [1.165, 1.54) is 7.11 Å². The number of benzene rings is 2. The predicted molar refractivity (Wildman–Crippen MR) is 117 cm³/mol. The molecule has 2 atom stereocenters. The molecule has 4 N–H and O–H groups in total. The Morgan fingerprint density at radius 2 is 1.55 bits per heavy atom. The summed E-state index contributed by atoms with van der Waals surface area (Å²) in [6.07, 6.45) is 0.435. The first kappa shape index (κ1) is 23.9. The number of ether oxygens (including phenoxy) is 1. The third-order valence-corrected chi connectivity index (χ3v) is 4.71. The van der Waals surface area contributed by atoms with Gasteiger partial charge in [-0.1, -0.05) is 38.1 Å². The average Bonchev–Trinajstić information content (AvgIpc) is 2.73. The molecule has 0 heterocycles. The van der Waals surface area contributed by atoms with E-state index in [2.05, 4.69) is 10.6 Å². The number of amides is 1. The van der Waals surface area contributed by atoms with Gasteiger partial charge in [0.2, 0.25) is 0 Å². The third-order valence-electron chi connectivity index (χ3n) is 4.71. The summed E-state index contributed by atoms with van der Waals surface area (Å²) >= 11 is 0. The number of hydrogen-bond donors (Lipinski definition) is 4. The molecular formula is C23H28N2O6. The highest BCUT2D eigenvalue weighted by molar-refractivity contribution is 6.06. The van der Waals surface area contributed by atoms with Gasteiger partial charge in [0.15, 0.2) is 0 Å². The highest BCUT2D eigenvalue weighted by Gasteiger charge is 2.26. The van der Waals surface area contributed by atoms with Crippen LogP contribution in [0.2, 0.25) is 0 Å². The molecule has 0 aliphatic heterocycles. The van der Waals surface area contributed by atoms with Crippen molar-refractivity contribution < 1.29 is 29.3 Å². The van der Waals surface area contributed by atoms with Crippen LogP contribution in [0.5, 0.6) is 5.75 Å². The number of rotatable bonds is 11. The molecule has 0 saturated carbocycles. The molecule has 31 heavy (non-hydrogen) atoms. The van der Waals surface area contributed by atoms with Crippen LogP contribution >= 0.6 is 0 Å². The highest BCUT2D eigenvalue weighted by atomic mass is 16.5. The lowest BCUT2D eigenvalue weighted by molar-refractivity contribution is -0.142. The highest BCUT2D eigenvalue weighted by Crippen LogP contribution is 2.20. The Labute approximate surface area is 181 Å². The van der Waals surface area contributed by atoms with Gasteiger partial charge in [0, 0.05) is 5.69 Å². The van der Waals surface area contributed by atoms with Gasteiger partial charge in [-0.25, -0.2) is 0 Å². The van der Waals surface area contributed by atoms with E-state index < -0.39 is 24.0 Å². The van der Waals surface area contributed by atoms with Crippen molar-refractivity contribution in [2.24, 2.45) is 5.92 Å². The zero-order chi connectivity index (χ0) is 23.0. The molecule has 0 bridgehead atoms. The van der Waals surface area contributed by atoms with E-state index in [0.29, 0.717) is 29.0 Å². The minimum Gasteiger partial charge on any atom is -0.496 e. The maximum Gasteiger partial charge on any atom is 0.321 e. The van der Waals surface area contributed by atoms with Crippen molar-refractivity contribution in [3.8, 4) is 5.75 Å². The summed E-state index contributed by atoms with van der Waals surface area (Å²) in [4.78, 5) is 35.6. The SMILES string of the molecule is COc1ccccc1C(=O)Nc1ccc(C[C@H](N[C@@H](CC(C)C)C(=O)O)C(=O)O)cc1. The fourth-order valence-electron chi connectivity index (χ4n) is 3.16. The molecule has 0 aliphatic carbocycles. The monoisotopic (exact) mass is 428 g/mol. The van der Waals surface area contributed by atoms with E-state index in [-0.39, 0.29) is 18.2 Å². The summed E-state index contributed by atoms with van der Waals surface area (Å²) in [7, 11) is 1.49. The largest absolute Gasteiger partial charge is 0.496 e. The second-order valence-corrected chi connectivity index (χ2v) is 7.63. The molecule has 0 aromatic heterocycles. The van der Waals surface area contributed by atoms with Crippen molar-refractivity contribution in [1.82, 2.24) is 5.32 Å². The van der Waals surface area contributed by atoms with Crippen LogP contribution in [0.25, 0.3) is 0 Å². The quantitative estimate of drug-likeness (QED) is 0.433. The zero-order valence-electron chi connectivity index (χ0n) is 17.8. The Morgan fingerprint density at radius 3 is 2.10 bits per heavy atom. The Bertz CT molecular complexity index is 911. The van der Waals surface area contributed by atoms with Crippen LogP contribution in [-0.2, 0) is 16.0 Å². The number of para-hydroxylation sites is 1. The molecule has 1 amide bonds. The van der Waals surface area contributed by atoms with Crippen molar-refractivity contribution in [2.75, 3.05) is 12.4 Å². The molecule has 2 rings (SSSR count). The molecule has 0 unspecified atom stereocenters. The van der Waals surface area contributed by atoms with Gasteiger partial charge in [-0.2, -0.15) is 0 Å². The van der Waals surface area contributed by atoms with E-state index in [1.54, 1.807) is 48.5 Å². The second kappa shape index (κ2) is 11.1.